The van der Waals surface area contributed by atoms with Crippen molar-refractivity contribution >= 4 is 0 Å². The Kier molecular flexibility index (Phi) is 3.18. The third-order valence-corrected chi connectivity index (χ3v) is 2.63. The fourth-order valence-corrected chi connectivity index (χ4v) is 1.60. The van der Waals surface area contributed by atoms with Crippen molar-refractivity contribution in [1.82, 2.24) is 4.98 Å². The Hall–Kier alpha value is -2.11. The van der Waals surface area contributed by atoms with Crippen molar-refractivity contribution in [2.45, 2.75) is 13.1 Å². The van der Waals surface area contributed by atoms with E-state index in [4.69, 9.17) is 0 Å². The first-order valence-electron chi connectivity index (χ1n) is 5.33. The molecule has 0 radical (unpaired) electrons. The molecule has 0 unspecified atom stereocenters. The second kappa shape index (κ2) is 4.53. The molecule has 0 saturated carbocycles. The van der Waals surface area contributed by atoms with Crippen molar-refractivity contribution in [3.05, 3.63) is 47.4 Å². The molecule has 19 heavy (non-hydrogen) atoms. The Bertz CT molecular complexity index is 623. The van der Waals surface area contributed by atoms with Crippen LogP contribution in [0.15, 0.2) is 30.3 Å². The van der Waals surface area contributed by atoms with Crippen LogP contribution in [0.4, 0.5) is 17.6 Å². The number of benzene rings is 1. The maximum atomic E-state index is 13.7. The molecule has 0 aliphatic carbocycles. The zero-order chi connectivity index (χ0) is 14.2. The summed E-state index contributed by atoms with van der Waals surface area (Å²) in [5.74, 6) is -1.07. The lowest BCUT2D eigenvalue weighted by Crippen LogP contribution is -2.05. The van der Waals surface area contributed by atoms with Gasteiger partial charge in [-0.2, -0.15) is 13.2 Å². The van der Waals surface area contributed by atoms with Crippen LogP contribution >= 0.6 is 0 Å². The third kappa shape index (κ3) is 2.67. The average Bonchev–Trinajstić information content (AvgIpc) is 2.31. The molecule has 0 bridgehead atoms. The van der Waals surface area contributed by atoms with Gasteiger partial charge >= 0.3 is 6.18 Å². The lowest BCUT2D eigenvalue weighted by Gasteiger charge is -2.09. The van der Waals surface area contributed by atoms with E-state index in [1.807, 2.05) is 0 Å². The minimum absolute atomic E-state index is 0.0453. The molecule has 0 spiro atoms. The second-order valence-electron chi connectivity index (χ2n) is 3.99. The molecule has 1 N–H and O–H groups in total. The van der Waals surface area contributed by atoms with Crippen LogP contribution < -0.4 is 0 Å². The normalized spacial score (nSPS) is 11.6. The van der Waals surface area contributed by atoms with Crippen molar-refractivity contribution < 1.29 is 22.7 Å². The molecular weight excluding hydrogens is 262 g/mol. The molecule has 1 aromatic heterocycles. The highest BCUT2D eigenvalue weighted by Gasteiger charge is 2.31. The number of rotatable bonds is 1. The SMILES string of the molecule is Cc1nc(-c2ccc(C(F)(F)F)cc2F)ccc1O. The Morgan fingerprint density at radius 2 is 1.79 bits per heavy atom. The van der Waals surface area contributed by atoms with E-state index in [0.717, 1.165) is 12.1 Å². The Morgan fingerprint density at radius 1 is 1.11 bits per heavy atom. The molecule has 2 nitrogen and oxygen atoms in total. The van der Waals surface area contributed by atoms with E-state index >= 15 is 0 Å². The first-order valence-corrected chi connectivity index (χ1v) is 5.33. The Labute approximate surface area is 106 Å². The van der Waals surface area contributed by atoms with Crippen molar-refractivity contribution in [2.24, 2.45) is 0 Å². The molecule has 0 fully saturated rings. The molecule has 0 atom stereocenters. The number of aromatic nitrogens is 1. The number of aromatic hydroxyl groups is 1. The van der Waals surface area contributed by atoms with Crippen LogP contribution in [0.1, 0.15) is 11.3 Å². The molecular formula is C13H9F4NO. The predicted octanol–water partition coefficient (Wildman–Crippen LogP) is 3.92. The minimum Gasteiger partial charge on any atom is -0.506 e. The molecule has 1 heterocycles. The van der Waals surface area contributed by atoms with Gasteiger partial charge in [-0.3, -0.25) is 0 Å². The van der Waals surface area contributed by atoms with E-state index in [9.17, 15) is 22.7 Å². The summed E-state index contributed by atoms with van der Waals surface area (Å²) in [4.78, 5) is 3.92. The first-order chi connectivity index (χ1) is 8.79. The van der Waals surface area contributed by atoms with Gasteiger partial charge in [-0.25, -0.2) is 9.37 Å². The largest absolute Gasteiger partial charge is 0.506 e. The van der Waals surface area contributed by atoms with Crippen LogP contribution in [0, 0.1) is 12.7 Å². The van der Waals surface area contributed by atoms with Crippen LogP contribution in [-0.2, 0) is 6.18 Å². The van der Waals surface area contributed by atoms with Gasteiger partial charge < -0.3 is 5.11 Å². The number of hydrogen-bond donors (Lipinski definition) is 1. The molecule has 6 heteroatoms. The smallest absolute Gasteiger partial charge is 0.416 e. The van der Waals surface area contributed by atoms with Crippen molar-refractivity contribution in [3.8, 4) is 17.0 Å². The maximum Gasteiger partial charge on any atom is 0.416 e. The number of alkyl halides is 3. The fraction of sp³-hybridized carbons (Fsp3) is 0.154. The summed E-state index contributed by atoms with van der Waals surface area (Å²) < 4.78 is 50.9. The molecule has 1 aromatic carbocycles. The monoisotopic (exact) mass is 271 g/mol. The van der Waals surface area contributed by atoms with Gasteiger partial charge in [-0.1, -0.05) is 0 Å². The summed E-state index contributed by atoms with van der Waals surface area (Å²) in [5, 5.41) is 9.31. The maximum absolute atomic E-state index is 13.7. The van der Waals surface area contributed by atoms with Gasteiger partial charge in [0.1, 0.15) is 11.6 Å². The standard InChI is InChI=1S/C13H9F4NO/c1-7-12(19)5-4-11(18-7)9-3-2-8(6-10(9)14)13(15,16)17/h2-6,19H,1H3. The lowest BCUT2D eigenvalue weighted by atomic mass is 10.1. The van der Waals surface area contributed by atoms with Gasteiger partial charge in [0.05, 0.1) is 17.0 Å². The van der Waals surface area contributed by atoms with E-state index in [1.165, 1.54) is 19.1 Å². The van der Waals surface area contributed by atoms with Crippen LogP contribution in [0.2, 0.25) is 0 Å². The highest BCUT2D eigenvalue weighted by Crippen LogP contribution is 2.32. The number of nitrogens with zero attached hydrogens (tertiary/aromatic N) is 1. The first kappa shape index (κ1) is 13.3. The molecule has 0 aliphatic heterocycles. The van der Waals surface area contributed by atoms with Gasteiger partial charge in [0.25, 0.3) is 0 Å². The molecule has 0 amide bonds. The van der Waals surface area contributed by atoms with E-state index < -0.39 is 17.6 Å². The van der Waals surface area contributed by atoms with Crippen molar-refractivity contribution in [3.63, 3.8) is 0 Å². The van der Waals surface area contributed by atoms with Crippen LogP contribution in [0.5, 0.6) is 5.75 Å². The van der Waals surface area contributed by atoms with E-state index in [0.29, 0.717) is 6.07 Å². The summed E-state index contributed by atoms with van der Waals surface area (Å²) >= 11 is 0. The van der Waals surface area contributed by atoms with Crippen LogP contribution in [0.3, 0.4) is 0 Å². The molecule has 2 rings (SSSR count). The van der Waals surface area contributed by atoms with Gasteiger partial charge in [-0.05, 0) is 37.3 Å². The van der Waals surface area contributed by atoms with E-state index in [-0.39, 0.29) is 22.7 Å². The number of aryl methyl sites for hydroxylation is 1. The highest BCUT2D eigenvalue weighted by molar-refractivity contribution is 5.61. The van der Waals surface area contributed by atoms with Gasteiger partial charge in [0.15, 0.2) is 0 Å². The number of pyridine rings is 1. The third-order valence-electron chi connectivity index (χ3n) is 2.63. The zero-order valence-electron chi connectivity index (χ0n) is 9.79. The topological polar surface area (TPSA) is 33.1 Å². The summed E-state index contributed by atoms with van der Waals surface area (Å²) in [5.41, 5.74) is -0.654. The number of halogens is 4. The highest BCUT2D eigenvalue weighted by atomic mass is 19.4. The molecule has 0 aliphatic rings. The summed E-state index contributed by atoms with van der Waals surface area (Å²) in [6, 6.07) is 4.90. The Balaban J connectivity index is 2.49. The van der Waals surface area contributed by atoms with Crippen molar-refractivity contribution in [1.29, 1.82) is 0 Å². The average molecular weight is 271 g/mol. The number of hydrogen-bond acceptors (Lipinski definition) is 2. The van der Waals surface area contributed by atoms with E-state index in [2.05, 4.69) is 4.98 Å². The molecule has 0 saturated heterocycles. The summed E-state index contributed by atoms with van der Waals surface area (Å²) in [6.07, 6.45) is -4.59. The second-order valence-corrected chi connectivity index (χ2v) is 3.99. The quantitative estimate of drug-likeness (QED) is 0.797. The Morgan fingerprint density at radius 3 is 2.32 bits per heavy atom. The van der Waals surface area contributed by atoms with Gasteiger partial charge in [0, 0.05) is 5.56 Å². The predicted molar refractivity (Wildman–Crippen MR) is 61.0 cm³/mol. The molecule has 100 valence electrons. The van der Waals surface area contributed by atoms with Crippen LogP contribution in [0.25, 0.3) is 11.3 Å². The van der Waals surface area contributed by atoms with Gasteiger partial charge in [-0.15, -0.1) is 0 Å². The van der Waals surface area contributed by atoms with Crippen LogP contribution in [-0.4, -0.2) is 10.1 Å². The van der Waals surface area contributed by atoms with Crippen molar-refractivity contribution in [2.75, 3.05) is 0 Å². The summed E-state index contributed by atoms with van der Waals surface area (Å²) in [7, 11) is 0. The van der Waals surface area contributed by atoms with Gasteiger partial charge in [0.2, 0.25) is 0 Å². The zero-order valence-corrected chi connectivity index (χ0v) is 9.79. The summed E-state index contributed by atoms with van der Waals surface area (Å²) in [6.45, 7) is 1.51. The fourth-order valence-electron chi connectivity index (χ4n) is 1.60. The van der Waals surface area contributed by atoms with E-state index in [1.54, 1.807) is 0 Å². The lowest BCUT2D eigenvalue weighted by molar-refractivity contribution is -0.137. The molecule has 2 aromatic rings. The minimum atomic E-state index is -4.59.